The average molecular weight is 445 g/mol. The number of aromatic nitrogens is 1. The number of nitrogens with one attached hydrogen (secondary N) is 1. The second-order valence-electron chi connectivity index (χ2n) is 7.33. The summed E-state index contributed by atoms with van der Waals surface area (Å²) >= 11 is 6.05. The van der Waals surface area contributed by atoms with Gasteiger partial charge in [0, 0.05) is 42.1 Å². The number of halogens is 1. The van der Waals surface area contributed by atoms with Crippen molar-refractivity contribution in [3.63, 3.8) is 0 Å². The van der Waals surface area contributed by atoms with Gasteiger partial charge in [0.2, 0.25) is 0 Å². The average Bonchev–Trinajstić information content (AvgIpc) is 2.98. The number of hydrogen-bond donors (Lipinski definition) is 1. The van der Waals surface area contributed by atoms with Crippen LogP contribution in [0.15, 0.2) is 58.8 Å². The highest BCUT2D eigenvalue weighted by Crippen LogP contribution is 2.35. The van der Waals surface area contributed by atoms with E-state index in [4.69, 9.17) is 11.6 Å². The molecule has 1 aromatic carbocycles. The van der Waals surface area contributed by atoms with E-state index >= 15 is 0 Å². The summed E-state index contributed by atoms with van der Waals surface area (Å²) in [6.07, 6.45) is 4.56. The summed E-state index contributed by atoms with van der Waals surface area (Å²) in [5, 5.41) is 3.50. The third kappa shape index (κ3) is 4.11. The Labute approximate surface area is 180 Å². The van der Waals surface area contributed by atoms with Crippen molar-refractivity contribution < 1.29 is 13.2 Å². The zero-order valence-corrected chi connectivity index (χ0v) is 17.9. The number of piperidine rings is 1. The van der Waals surface area contributed by atoms with E-state index in [0.29, 0.717) is 53.5 Å². The topological polar surface area (TPSA) is 91.7 Å². The molecular formula is C21H21ClN4O3S. The highest BCUT2D eigenvalue weighted by molar-refractivity contribution is 8.00. The summed E-state index contributed by atoms with van der Waals surface area (Å²) in [5.74, 6) is 0.323. The van der Waals surface area contributed by atoms with Crippen molar-refractivity contribution in [3.05, 3.63) is 70.5 Å². The van der Waals surface area contributed by atoms with Crippen molar-refractivity contribution in [1.29, 1.82) is 0 Å². The fourth-order valence-electron chi connectivity index (χ4n) is 3.81. The Bertz CT molecular complexity index is 1140. The molecule has 7 nitrogen and oxygen atoms in total. The van der Waals surface area contributed by atoms with Crippen LogP contribution in [-0.4, -0.2) is 49.2 Å². The second-order valence-corrected chi connectivity index (χ2v) is 9.31. The predicted molar refractivity (Wildman–Crippen MR) is 117 cm³/mol. The van der Waals surface area contributed by atoms with E-state index in [2.05, 4.69) is 14.7 Å². The van der Waals surface area contributed by atoms with Crippen LogP contribution >= 0.6 is 11.6 Å². The van der Waals surface area contributed by atoms with Crippen LogP contribution in [0.1, 0.15) is 35.7 Å². The molecule has 0 radical (unpaired) electrons. The minimum absolute atomic E-state index is 0.0178. The standard InChI is InChI=1S/C21H21ClN4O3S/c1-14-19(15-4-2-6-17(22)12-15)30(28,29)25-20(14)26-10-7-18(8-11-26)24-21(27)16-5-3-9-23-13-16/h2-6,9,12-13,18H,7-8,10-11H2,1H3,(H,24,27). The minimum atomic E-state index is -3.78. The maximum absolute atomic E-state index is 12.7. The molecule has 3 heterocycles. The van der Waals surface area contributed by atoms with Crippen LogP contribution < -0.4 is 5.32 Å². The lowest BCUT2D eigenvalue weighted by Gasteiger charge is -2.33. The van der Waals surface area contributed by atoms with Gasteiger partial charge in [-0.3, -0.25) is 9.78 Å². The van der Waals surface area contributed by atoms with Crippen molar-refractivity contribution in [2.24, 2.45) is 4.40 Å². The van der Waals surface area contributed by atoms with Crippen LogP contribution in [0, 0.1) is 0 Å². The molecule has 2 aliphatic rings. The first kappa shape index (κ1) is 20.6. The lowest BCUT2D eigenvalue weighted by Crippen LogP contribution is -2.46. The van der Waals surface area contributed by atoms with E-state index in [0.717, 1.165) is 0 Å². The lowest BCUT2D eigenvalue weighted by molar-refractivity contribution is 0.0922. The molecule has 0 bridgehead atoms. The number of nitrogens with zero attached hydrogens (tertiary/aromatic N) is 3. The van der Waals surface area contributed by atoms with Gasteiger partial charge in [-0.2, -0.15) is 8.42 Å². The van der Waals surface area contributed by atoms with Gasteiger partial charge in [-0.15, -0.1) is 4.40 Å². The number of carbonyl (C=O) groups is 1. The number of amides is 1. The van der Waals surface area contributed by atoms with Crippen molar-refractivity contribution in [1.82, 2.24) is 15.2 Å². The van der Waals surface area contributed by atoms with Crippen LogP contribution in [-0.2, 0) is 10.0 Å². The molecule has 1 N–H and O–H groups in total. The molecule has 0 saturated carbocycles. The molecule has 0 spiro atoms. The van der Waals surface area contributed by atoms with Crippen molar-refractivity contribution in [2.45, 2.75) is 25.8 Å². The third-order valence-corrected chi connectivity index (χ3v) is 6.99. The van der Waals surface area contributed by atoms with Gasteiger partial charge in [0.05, 0.1) is 5.56 Å². The van der Waals surface area contributed by atoms with Gasteiger partial charge in [-0.25, -0.2) is 0 Å². The maximum atomic E-state index is 12.7. The normalized spacial score (nSPS) is 19.0. The molecule has 0 atom stereocenters. The van der Waals surface area contributed by atoms with E-state index in [9.17, 15) is 13.2 Å². The molecule has 1 saturated heterocycles. The SMILES string of the molecule is CC1=C(c2cccc(Cl)c2)S(=O)(=O)N=C1N1CCC(NC(=O)c2cccnc2)CC1. The minimum Gasteiger partial charge on any atom is -0.356 e. The Kier molecular flexibility index (Phi) is 5.62. The lowest BCUT2D eigenvalue weighted by atomic mass is 10.0. The molecule has 1 aromatic heterocycles. The molecular weight excluding hydrogens is 424 g/mol. The van der Waals surface area contributed by atoms with Crippen molar-refractivity contribution in [2.75, 3.05) is 13.1 Å². The van der Waals surface area contributed by atoms with E-state index in [1.165, 1.54) is 6.20 Å². The Morgan fingerprint density at radius 2 is 1.97 bits per heavy atom. The van der Waals surface area contributed by atoms with Crippen LogP contribution in [0.5, 0.6) is 0 Å². The molecule has 156 valence electrons. The first-order valence-electron chi connectivity index (χ1n) is 9.63. The number of carbonyl (C=O) groups excluding carboxylic acids is 1. The van der Waals surface area contributed by atoms with E-state index in [-0.39, 0.29) is 16.9 Å². The van der Waals surface area contributed by atoms with Gasteiger partial charge < -0.3 is 10.2 Å². The monoisotopic (exact) mass is 444 g/mol. The number of hydrogen-bond acceptors (Lipinski definition) is 5. The van der Waals surface area contributed by atoms with E-state index in [1.54, 1.807) is 49.5 Å². The fourth-order valence-corrected chi connectivity index (χ4v) is 5.48. The largest absolute Gasteiger partial charge is 0.356 e. The fraction of sp³-hybridized carbons (Fsp3) is 0.286. The number of benzene rings is 1. The number of sulfonamides is 1. The van der Waals surface area contributed by atoms with Gasteiger partial charge in [-0.05, 0) is 49.6 Å². The number of likely N-dealkylation sites (tertiary alicyclic amines) is 1. The van der Waals surface area contributed by atoms with Gasteiger partial charge in [-0.1, -0.05) is 23.7 Å². The van der Waals surface area contributed by atoms with E-state index < -0.39 is 10.0 Å². The third-order valence-electron chi connectivity index (χ3n) is 5.28. The molecule has 9 heteroatoms. The Balaban J connectivity index is 1.46. The summed E-state index contributed by atoms with van der Waals surface area (Å²) in [4.78, 5) is 18.5. The first-order chi connectivity index (χ1) is 14.3. The zero-order valence-electron chi connectivity index (χ0n) is 16.4. The van der Waals surface area contributed by atoms with Gasteiger partial charge in [0.1, 0.15) is 10.7 Å². The highest BCUT2D eigenvalue weighted by Gasteiger charge is 2.35. The molecule has 2 aliphatic heterocycles. The summed E-state index contributed by atoms with van der Waals surface area (Å²) < 4.78 is 29.5. The highest BCUT2D eigenvalue weighted by atomic mass is 35.5. The van der Waals surface area contributed by atoms with Crippen LogP contribution in [0.4, 0.5) is 0 Å². The summed E-state index contributed by atoms with van der Waals surface area (Å²) in [6, 6.07) is 10.3. The molecule has 2 aromatic rings. The Morgan fingerprint density at radius 3 is 2.63 bits per heavy atom. The van der Waals surface area contributed by atoms with Crippen LogP contribution in [0.25, 0.3) is 4.91 Å². The smallest absolute Gasteiger partial charge is 0.285 e. The molecule has 1 fully saturated rings. The zero-order chi connectivity index (χ0) is 21.3. The van der Waals surface area contributed by atoms with Gasteiger partial charge in [0.15, 0.2) is 0 Å². The summed E-state index contributed by atoms with van der Waals surface area (Å²) in [6.45, 7) is 2.98. The molecule has 0 aliphatic carbocycles. The van der Waals surface area contributed by atoms with Crippen LogP contribution in [0.3, 0.4) is 0 Å². The number of rotatable bonds is 3. The Morgan fingerprint density at radius 1 is 1.20 bits per heavy atom. The second kappa shape index (κ2) is 8.20. The summed E-state index contributed by atoms with van der Waals surface area (Å²) in [5.41, 5.74) is 1.68. The van der Waals surface area contributed by atoms with Crippen LogP contribution in [0.2, 0.25) is 5.02 Å². The quantitative estimate of drug-likeness (QED) is 0.785. The maximum Gasteiger partial charge on any atom is 0.285 e. The van der Waals surface area contributed by atoms with Crippen molar-refractivity contribution >= 4 is 38.3 Å². The summed E-state index contributed by atoms with van der Waals surface area (Å²) in [7, 11) is -3.78. The molecule has 30 heavy (non-hydrogen) atoms. The molecule has 0 unspecified atom stereocenters. The number of pyridine rings is 1. The van der Waals surface area contributed by atoms with Gasteiger partial charge >= 0.3 is 0 Å². The number of amidine groups is 1. The Hall–Kier alpha value is -2.71. The van der Waals surface area contributed by atoms with Gasteiger partial charge in [0.25, 0.3) is 15.9 Å². The van der Waals surface area contributed by atoms with E-state index in [1.807, 2.05) is 4.90 Å². The first-order valence-corrected chi connectivity index (χ1v) is 11.4. The van der Waals surface area contributed by atoms with Crippen molar-refractivity contribution in [3.8, 4) is 0 Å². The molecule has 1 amide bonds. The predicted octanol–water partition coefficient (Wildman–Crippen LogP) is 3.10. The molecule has 4 rings (SSSR count).